The van der Waals surface area contributed by atoms with Crippen LogP contribution < -0.4 is 4.74 Å². The summed E-state index contributed by atoms with van der Waals surface area (Å²) in [5.41, 5.74) is 1.34. The van der Waals surface area contributed by atoms with Crippen molar-refractivity contribution >= 4 is 8.32 Å². The lowest BCUT2D eigenvalue weighted by molar-refractivity contribution is 0.105. The number of allylic oxidation sites excluding steroid dienone is 1. The molecule has 0 amide bonds. The van der Waals surface area contributed by atoms with Crippen LogP contribution in [0.15, 0.2) is 54.6 Å². The molecule has 0 fully saturated rings. The minimum atomic E-state index is -1.89. The Hall–Kier alpha value is -1.36. The number of hydrogen-bond acceptors (Lipinski definition) is 3. The Bertz CT molecular complexity index is 646. The molecule has 4 heteroatoms. The van der Waals surface area contributed by atoms with Crippen molar-refractivity contribution in [1.82, 2.24) is 0 Å². The molecule has 0 saturated heterocycles. The van der Waals surface area contributed by atoms with Gasteiger partial charge in [0.2, 0.25) is 0 Å². The van der Waals surface area contributed by atoms with E-state index >= 15 is 0 Å². The van der Waals surface area contributed by atoms with Crippen molar-refractivity contribution in [3.63, 3.8) is 0 Å². The first kappa shape index (κ1) is 22.9. The van der Waals surface area contributed by atoms with Gasteiger partial charge in [0.15, 0.2) is 8.32 Å². The molecule has 3 nitrogen and oxygen atoms in total. The molecule has 1 aromatic rings. The summed E-state index contributed by atoms with van der Waals surface area (Å²) in [4.78, 5) is 0. The number of aliphatic hydroxyl groups is 1. The van der Waals surface area contributed by atoms with Crippen LogP contribution in [-0.2, 0) is 4.43 Å². The maximum absolute atomic E-state index is 10.3. The number of rotatable bonds is 10. The van der Waals surface area contributed by atoms with Crippen LogP contribution in [0.2, 0.25) is 18.1 Å². The predicted molar refractivity (Wildman–Crippen MR) is 120 cm³/mol. The van der Waals surface area contributed by atoms with Crippen molar-refractivity contribution < 1.29 is 14.3 Å². The van der Waals surface area contributed by atoms with Crippen LogP contribution in [0.4, 0.5) is 0 Å². The largest absolute Gasteiger partial charge is 0.491 e. The van der Waals surface area contributed by atoms with E-state index in [1.807, 2.05) is 36.4 Å². The van der Waals surface area contributed by atoms with Crippen molar-refractivity contribution in [3.05, 3.63) is 54.6 Å². The normalized spacial score (nSPS) is 21.3. The van der Waals surface area contributed by atoms with E-state index in [4.69, 9.17) is 9.16 Å². The molecule has 0 spiro atoms. The van der Waals surface area contributed by atoms with E-state index in [0.717, 1.165) is 31.4 Å². The first-order valence-corrected chi connectivity index (χ1v) is 13.4. The van der Waals surface area contributed by atoms with Gasteiger partial charge in [-0.1, -0.05) is 56.7 Å². The third-order valence-corrected chi connectivity index (χ3v) is 10.7. The molecule has 0 radical (unpaired) electrons. The fourth-order valence-corrected chi connectivity index (χ4v) is 4.79. The van der Waals surface area contributed by atoms with Crippen molar-refractivity contribution in [2.24, 2.45) is 5.92 Å². The number of hydrogen-bond donors (Lipinski definition) is 1. The zero-order chi connectivity index (χ0) is 20.8. The highest BCUT2D eigenvalue weighted by atomic mass is 28.4. The van der Waals surface area contributed by atoms with E-state index in [1.165, 1.54) is 5.57 Å². The standard InChI is InChI=1S/C24H38O3Si/c1-7-11-22-19(15-17-23(22)25)14-16-21(27-28(5,6)24(2,3)4)18-26-20-12-9-8-10-13-20/h7-10,12-13,15,21-23,25H,1,11,14,16-18H2,2-6H3. The molecule has 0 bridgehead atoms. The van der Waals surface area contributed by atoms with Gasteiger partial charge in [0.25, 0.3) is 0 Å². The average Bonchev–Trinajstić information content (AvgIpc) is 2.97. The Morgan fingerprint density at radius 3 is 2.54 bits per heavy atom. The van der Waals surface area contributed by atoms with Gasteiger partial charge in [-0.25, -0.2) is 0 Å². The second-order valence-corrected chi connectivity index (χ2v) is 14.1. The highest BCUT2D eigenvalue weighted by Gasteiger charge is 2.39. The molecule has 156 valence electrons. The SMILES string of the molecule is C=CCC1C(CCC(COc2ccccc2)O[Si](C)(C)C(C)(C)C)=CCC1O. The molecule has 1 N–H and O–H groups in total. The predicted octanol–water partition coefficient (Wildman–Crippen LogP) is 6.12. The van der Waals surface area contributed by atoms with E-state index in [-0.39, 0.29) is 23.2 Å². The van der Waals surface area contributed by atoms with E-state index in [0.29, 0.717) is 6.61 Å². The van der Waals surface area contributed by atoms with Gasteiger partial charge in [-0.05, 0) is 55.9 Å². The maximum Gasteiger partial charge on any atom is 0.192 e. The van der Waals surface area contributed by atoms with Crippen molar-refractivity contribution in [2.45, 2.75) is 76.8 Å². The molecule has 0 saturated carbocycles. The summed E-state index contributed by atoms with van der Waals surface area (Å²) < 4.78 is 12.8. The van der Waals surface area contributed by atoms with Crippen molar-refractivity contribution in [3.8, 4) is 5.75 Å². The quantitative estimate of drug-likeness (QED) is 0.378. The van der Waals surface area contributed by atoms with Crippen LogP contribution in [0.3, 0.4) is 0 Å². The van der Waals surface area contributed by atoms with E-state index in [1.54, 1.807) is 0 Å². The van der Waals surface area contributed by atoms with Crippen molar-refractivity contribution in [1.29, 1.82) is 0 Å². The maximum atomic E-state index is 10.3. The second-order valence-electron chi connectivity index (χ2n) is 9.38. The van der Waals surface area contributed by atoms with Gasteiger partial charge >= 0.3 is 0 Å². The minimum absolute atomic E-state index is 0.0455. The van der Waals surface area contributed by atoms with Crippen LogP contribution in [0.5, 0.6) is 5.75 Å². The molecule has 1 aliphatic rings. The van der Waals surface area contributed by atoms with Gasteiger partial charge in [-0.15, -0.1) is 6.58 Å². The lowest BCUT2D eigenvalue weighted by atomic mass is 9.92. The fraction of sp³-hybridized carbons (Fsp3) is 0.583. The van der Waals surface area contributed by atoms with Gasteiger partial charge < -0.3 is 14.3 Å². The van der Waals surface area contributed by atoms with Gasteiger partial charge in [0.05, 0.1) is 12.2 Å². The average molecular weight is 403 g/mol. The summed E-state index contributed by atoms with van der Waals surface area (Å²) in [7, 11) is -1.89. The van der Waals surface area contributed by atoms with Crippen LogP contribution in [-0.4, -0.2) is 32.2 Å². The monoisotopic (exact) mass is 402 g/mol. The molecule has 0 aromatic heterocycles. The Labute approximate surface area is 172 Å². The lowest BCUT2D eigenvalue weighted by Gasteiger charge is -2.39. The summed E-state index contributed by atoms with van der Waals surface area (Å²) in [6, 6.07) is 9.94. The Morgan fingerprint density at radius 1 is 1.25 bits per heavy atom. The number of ether oxygens (including phenoxy) is 1. The molecule has 0 aliphatic heterocycles. The number of benzene rings is 1. The number of para-hydroxylation sites is 1. The van der Waals surface area contributed by atoms with Crippen LogP contribution in [0, 0.1) is 5.92 Å². The molecule has 2 rings (SSSR count). The summed E-state index contributed by atoms with van der Waals surface area (Å²) >= 11 is 0. The molecular weight excluding hydrogens is 364 g/mol. The second kappa shape index (κ2) is 9.90. The molecule has 1 aliphatic carbocycles. The summed E-state index contributed by atoms with van der Waals surface area (Å²) in [5.74, 6) is 1.09. The molecule has 3 unspecified atom stereocenters. The van der Waals surface area contributed by atoms with Crippen molar-refractivity contribution in [2.75, 3.05) is 6.61 Å². The van der Waals surface area contributed by atoms with Crippen LogP contribution in [0.25, 0.3) is 0 Å². The minimum Gasteiger partial charge on any atom is -0.491 e. The lowest BCUT2D eigenvalue weighted by Crippen LogP contribution is -2.45. The molecule has 0 heterocycles. The summed E-state index contributed by atoms with van der Waals surface area (Å²) in [6.45, 7) is 15.8. The third-order valence-electron chi connectivity index (χ3n) is 6.18. The smallest absolute Gasteiger partial charge is 0.192 e. The summed E-state index contributed by atoms with van der Waals surface area (Å²) in [6.07, 6.45) is 7.33. The van der Waals surface area contributed by atoms with E-state index < -0.39 is 8.32 Å². The molecule has 1 aromatic carbocycles. The molecule has 28 heavy (non-hydrogen) atoms. The third kappa shape index (κ3) is 6.33. The van der Waals surface area contributed by atoms with Gasteiger partial charge in [-0.2, -0.15) is 0 Å². The topological polar surface area (TPSA) is 38.7 Å². The molecule has 3 atom stereocenters. The van der Waals surface area contributed by atoms with E-state index in [2.05, 4.69) is 46.5 Å². The first-order chi connectivity index (χ1) is 13.1. The van der Waals surface area contributed by atoms with Crippen LogP contribution >= 0.6 is 0 Å². The van der Waals surface area contributed by atoms with Gasteiger partial charge in [0.1, 0.15) is 12.4 Å². The van der Waals surface area contributed by atoms with Crippen LogP contribution in [0.1, 0.15) is 46.5 Å². The zero-order valence-corrected chi connectivity index (χ0v) is 19.3. The van der Waals surface area contributed by atoms with E-state index in [9.17, 15) is 5.11 Å². The summed E-state index contributed by atoms with van der Waals surface area (Å²) in [5, 5.41) is 10.4. The van der Waals surface area contributed by atoms with Gasteiger partial charge in [-0.3, -0.25) is 0 Å². The Balaban J connectivity index is 2.04. The highest BCUT2D eigenvalue weighted by molar-refractivity contribution is 6.74. The fourth-order valence-electron chi connectivity index (χ4n) is 3.41. The Kier molecular flexibility index (Phi) is 8.11. The van der Waals surface area contributed by atoms with Gasteiger partial charge in [0, 0.05) is 5.92 Å². The Morgan fingerprint density at radius 2 is 1.93 bits per heavy atom. The first-order valence-electron chi connectivity index (χ1n) is 10.5. The molecular formula is C24H38O3Si. The number of aliphatic hydroxyl groups excluding tert-OH is 1. The highest BCUT2D eigenvalue weighted by Crippen LogP contribution is 2.39. The zero-order valence-electron chi connectivity index (χ0n) is 18.3.